The van der Waals surface area contributed by atoms with Crippen LogP contribution in [-0.2, 0) is 13.0 Å². The molecule has 102 valence electrons. The fourth-order valence-corrected chi connectivity index (χ4v) is 2.53. The van der Waals surface area contributed by atoms with E-state index >= 15 is 0 Å². The van der Waals surface area contributed by atoms with E-state index in [0.29, 0.717) is 18.5 Å². The molecule has 20 heavy (non-hydrogen) atoms. The maximum Gasteiger partial charge on any atom is 0.131 e. The molecule has 0 spiro atoms. The van der Waals surface area contributed by atoms with Crippen LogP contribution < -0.4 is 0 Å². The molecule has 2 heterocycles. The van der Waals surface area contributed by atoms with Crippen LogP contribution in [0.4, 0.5) is 4.39 Å². The Kier molecular flexibility index (Phi) is 3.22. The number of aliphatic imine (C=N–C) groups is 1. The van der Waals surface area contributed by atoms with Gasteiger partial charge in [-0.25, -0.2) is 4.39 Å². The Balaban J connectivity index is 2.14. The summed E-state index contributed by atoms with van der Waals surface area (Å²) in [4.78, 5) is 10.6. The number of nitrogens with zero attached hydrogens (tertiary/aromatic N) is 3. The van der Waals surface area contributed by atoms with E-state index in [1.165, 1.54) is 6.07 Å². The molecule has 3 nitrogen and oxygen atoms in total. The normalized spacial score (nSPS) is 13.7. The largest absolute Gasteiger partial charge is 0.366 e. The Bertz CT molecular complexity index is 663. The fraction of sp³-hybridized carbons (Fsp3) is 0.250. The fourth-order valence-electron chi connectivity index (χ4n) is 2.53. The average molecular weight is 269 g/mol. The minimum Gasteiger partial charge on any atom is -0.366 e. The second kappa shape index (κ2) is 5.04. The molecule has 0 unspecified atom stereocenters. The summed E-state index contributed by atoms with van der Waals surface area (Å²) in [5.41, 5.74) is 3.60. The zero-order valence-corrected chi connectivity index (χ0v) is 11.6. The van der Waals surface area contributed by atoms with Crippen molar-refractivity contribution in [3.05, 3.63) is 53.6 Å². The van der Waals surface area contributed by atoms with Crippen molar-refractivity contribution in [1.29, 1.82) is 0 Å². The van der Waals surface area contributed by atoms with E-state index < -0.39 is 0 Å². The van der Waals surface area contributed by atoms with Gasteiger partial charge in [-0.2, -0.15) is 0 Å². The Labute approximate surface area is 117 Å². The number of pyridine rings is 1. The van der Waals surface area contributed by atoms with E-state index in [2.05, 4.69) is 9.98 Å². The van der Waals surface area contributed by atoms with Gasteiger partial charge >= 0.3 is 0 Å². The van der Waals surface area contributed by atoms with Crippen LogP contribution in [0.2, 0.25) is 0 Å². The molecule has 0 fully saturated rings. The molecule has 1 aliphatic rings. The van der Waals surface area contributed by atoms with Gasteiger partial charge in [0.15, 0.2) is 0 Å². The molecule has 0 bridgehead atoms. The summed E-state index contributed by atoms with van der Waals surface area (Å²) in [7, 11) is 3.93. The summed E-state index contributed by atoms with van der Waals surface area (Å²) >= 11 is 0. The molecule has 0 radical (unpaired) electrons. The minimum absolute atomic E-state index is 0.197. The predicted octanol–water partition coefficient (Wildman–Crippen LogP) is 2.90. The van der Waals surface area contributed by atoms with Crippen molar-refractivity contribution in [3.8, 4) is 11.1 Å². The Morgan fingerprint density at radius 2 is 2.05 bits per heavy atom. The SMILES string of the molecule is CN(C)C1=NCc2ccc(F)c(-c3cccnc3)c2C1. The second-order valence-electron chi connectivity index (χ2n) is 5.11. The van der Waals surface area contributed by atoms with E-state index in [1.807, 2.05) is 37.2 Å². The van der Waals surface area contributed by atoms with Gasteiger partial charge in [-0.05, 0) is 23.3 Å². The molecule has 1 aliphatic heterocycles. The first-order valence-corrected chi connectivity index (χ1v) is 6.58. The van der Waals surface area contributed by atoms with Gasteiger partial charge < -0.3 is 4.90 Å². The molecule has 3 rings (SSSR count). The van der Waals surface area contributed by atoms with Crippen molar-refractivity contribution in [3.63, 3.8) is 0 Å². The summed E-state index contributed by atoms with van der Waals surface area (Å²) < 4.78 is 14.3. The number of aromatic nitrogens is 1. The van der Waals surface area contributed by atoms with Crippen molar-refractivity contribution in [1.82, 2.24) is 9.88 Å². The van der Waals surface area contributed by atoms with Crippen molar-refractivity contribution in [2.75, 3.05) is 14.1 Å². The Morgan fingerprint density at radius 1 is 1.20 bits per heavy atom. The highest BCUT2D eigenvalue weighted by Crippen LogP contribution is 2.32. The summed E-state index contributed by atoms with van der Waals surface area (Å²) in [6.07, 6.45) is 4.06. The third-order valence-electron chi connectivity index (χ3n) is 3.59. The first-order valence-electron chi connectivity index (χ1n) is 6.58. The van der Waals surface area contributed by atoms with Gasteiger partial charge in [0.25, 0.3) is 0 Å². The van der Waals surface area contributed by atoms with Crippen LogP contribution in [0.15, 0.2) is 41.7 Å². The van der Waals surface area contributed by atoms with E-state index in [4.69, 9.17) is 0 Å². The van der Waals surface area contributed by atoms with Gasteiger partial charge in [-0.1, -0.05) is 12.1 Å². The predicted molar refractivity (Wildman–Crippen MR) is 78.2 cm³/mol. The molecule has 1 aromatic carbocycles. The number of halogens is 1. The highest BCUT2D eigenvalue weighted by molar-refractivity contribution is 5.88. The number of hydrogen-bond acceptors (Lipinski definition) is 3. The summed E-state index contributed by atoms with van der Waals surface area (Å²) in [5.74, 6) is 0.782. The van der Waals surface area contributed by atoms with Crippen LogP contribution in [0.3, 0.4) is 0 Å². The van der Waals surface area contributed by atoms with Crippen LogP contribution in [0, 0.1) is 5.82 Å². The van der Waals surface area contributed by atoms with E-state index in [9.17, 15) is 4.39 Å². The summed E-state index contributed by atoms with van der Waals surface area (Å²) in [6.45, 7) is 0.608. The molecule has 0 saturated carbocycles. The molecule has 1 aromatic heterocycles. The highest BCUT2D eigenvalue weighted by atomic mass is 19.1. The zero-order valence-electron chi connectivity index (χ0n) is 11.6. The molecule has 0 atom stereocenters. The third kappa shape index (κ3) is 2.18. The van der Waals surface area contributed by atoms with Gasteiger partial charge in [0.2, 0.25) is 0 Å². The third-order valence-corrected chi connectivity index (χ3v) is 3.59. The van der Waals surface area contributed by atoms with Crippen LogP contribution >= 0.6 is 0 Å². The molecule has 0 amide bonds. The monoisotopic (exact) mass is 269 g/mol. The van der Waals surface area contributed by atoms with Crippen molar-refractivity contribution >= 4 is 5.84 Å². The maximum atomic E-state index is 14.3. The summed E-state index contributed by atoms with van der Waals surface area (Å²) in [5, 5.41) is 0. The topological polar surface area (TPSA) is 28.5 Å². The first-order chi connectivity index (χ1) is 9.66. The van der Waals surface area contributed by atoms with Gasteiger partial charge in [-0.15, -0.1) is 0 Å². The number of rotatable bonds is 1. The molecular weight excluding hydrogens is 253 g/mol. The first kappa shape index (κ1) is 12.8. The Hall–Kier alpha value is -2.23. The molecule has 0 aliphatic carbocycles. The van der Waals surface area contributed by atoms with Crippen molar-refractivity contribution in [2.45, 2.75) is 13.0 Å². The lowest BCUT2D eigenvalue weighted by molar-refractivity contribution is 0.596. The van der Waals surface area contributed by atoms with E-state index in [1.54, 1.807) is 12.4 Å². The molecule has 0 N–H and O–H groups in total. The highest BCUT2D eigenvalue weighted by Gasteiger charge is 2.20. The molecule has 4 heteroatoms. The quantitative estimate of drug-likeness (QED) is 0.796. The zero-order chi connectivity index (χ0) is 14.1. The van der Waals surface area contributed by atoms with Gasteiger partial charge in [-0.3, -0.25) is 9.98 Å². The van der Waals surface area contributed by atoms with Gasteiger partial charge in [0, 0.05) is 44.0 Å². The maximum absolute atomic E-state index is 14.3. The molecule has 0 saturated heterocycles. The van der Waals surface area contributed by atoms with Crippen LogP contribution in [0.5, 0.6) is 0 Å². The standard InChI is InChI=1S/C16H16FN3/c1-20(2)15-8-13-11(10-19-15)5-6-14(17)16(13)12-4-3-7-18-9-12/h3-7,9H,8,10H2,1-2H3. The van der Waals surface area contributed by atoms with Crippen LogP contribution in [0.25, 0.3) is 11.1 Å². The van der Waals surface area contributed by atoms with Crippen LogP contribution in [-0.4, -0.2) is 29.8 Å². The molecular formula is C16H16FN3. The molecule has 2 aromatic rings. The Morgan fingerprint density at radius 3 is 2.75 bits per heavy atom. The summed E-state index contributed by atoms with van der Waals surface area (Å²) in [6, 6.07) is 7.09. The number of likely N-dealkylation sites (N-methyl/N-ethyl adjacent to an activating group) is 1. The van der Waals surface area contributed by atoms with Crippen molar-refractivity contribution in [2.24, 2.45) is 4.99 Å². The van der Waals surface area contributed by atoms with Crippen LogP contribution in [0.1, 0.15) is 11.1 Å². The van der Waals surface area contributed by atoms with Gasteiger partial charge in [0.1, 0.15) is 11.7 Å². The average Bonchev–Trinajstić information content (AvgIpc) is 2.47. The van der Waals surface area contributed by atoms with Gasteiger partial charge in [0.05, 0.1) is 6.54 Å². The lowest BCUT2D eigenvalue weighted by atomic mass is 9.91. The number of fused-ring (bicyclic) bond motifs is 1. The van der Waals surface area contributed by atoms with Crippen molar-refractivity contribution < 1.29 is 4.39 Å². The number of hydrogen-bond donors (Lipinski definition) is 0. The van der Waals surface area contributed by atoms with E-state index in [0.717, 1.165) is 22.5 Å². The lowest BCUT2D eigenvalue weighted by Crippen LogP contribution is -2.27. The smallest absolute Gasteiger partial charge is 0.131 e. The van der Waals surface area contributed by atoms with E-state index in [-0.39, 0.29) is 5.82 Å². The lowest BCUT2D eigenvalue weighted by Gasteiger charge is -2.24. The number of benzene rings is 1. The second-order valence-corrected chi connectivity index (χ2v) is 5.11. The minimum atomic E-state index is -0.197. The number of amidine groups is 1.